The van der Waals surface area contributed by atoms with Crippen LogP contribution in [-0.4, -0.2) is 11.4 Å². The predicted octanol–water partition coefficient (Wildman–Crippen LogP) is 3.37. The zero-order valence-electron chi connectivity index (χ0n) is 11.9. The van der Waals surface area contributed by atoms with Gasteiger partial charge in [0.15, 0.2) is 0 Å². The molecule has 1 saturated heterocycles. The van der Waals surface area contributed by atoms with E-state index in [1.807, 2.05) is 13.0 Å². The van der Waals surface area contributed by atoms with Crippen LogP contribution in [0, 0.1) is 18.7 Å². The van der Waals surface area contributed by atoms with E-state index in [-0.39, 0.29) is 17.3 Å². The third-order valence-electron chi connectivity index (χ3n) is 3.87. The van der Waals surface area contributed by atoms with Gasteiger partial charge in [0, 0.05) is 12.0 Å². The molecule has 19 heavy (non-hydrogen) atoms. The molecule has 3 heteroatoms. The molecule has 1 aromatic rings. The maximum atomic E-state index is 13.2. The molecule has 1 aliphatic rings. The molecule has 1 atom stereocenters. The van der Waals surface area contributed by atoms with Crippen LogP contribution in [0.5, 0.6) is 0 Å². The first-order valence-corrected chi connectivity index (χ1v) is 6.96. The number of nitrogens with one attached hydrogen (secondary N) is 1. The predicted molar refractivity (Wildman–Crippen MR) is 74.4 cm³/mol. The van der Waals surface area contributed by atoms with Gasteiger partial charge in [-0.2, -0.15) is 0 Å². The molecule has 1 aromatic carbocycles. The number of aryl methyl sites for hydroxylation is 1. The van der Waals surface area contributed by atoms with Gasteiger partial charge in [-0.3, -0.25) is 4.79 Å². The second-order valence-corrected chi connectivity index (χ2v) is 6.17. The molecular weight excluding hydrogens is 241 g/mol. The fraction of sp³-hybridized carbons (Fsp3) is 0.562. The molecule has 0 spiro atoms. The molecule has 0 saturated carbocycles. The molecule has 1 N–H and O–H groups in total. The second-order valence-electron chi connectivity index (χ2n) is 6.17. The quantitative estimate of drug-likeness (QED) is 0.886. The average molecular weight is 263 g/mol. The van der Waals surface area contributed by atoms with Crippen molar-refractivity contribution in [3.8, 4) is 0 Å². The minimum Gasteiger partial charge on any atom is -0.350 e. The van der Waals surface area contributed by atoms with Crippen LogP contribution in [0.1, 0.15) is 44.2 Å². The van der Waals surface area contributed by atoms with E-state index in [0.29, 0.717) is 12.3 Å². The molecule has 1 amide bonds. The topological polar surface area (TPSA) is 29.1 Å². The van der Waals surface area contributed by atoms with Crippen molar-refractivity contribution in [2.45, 2.75) is 52.0 Å². The Morgan fingerprint density at radius 1 is 1.42 bits per heavy atom. The zero-order chi connectivity index (χ0) is 14.0. The fourth-order valence-corrected chi connectivity index (χ4v) is 3.14. The summed E-state index contributed by atoms with van der Waals surface area (Å²) >= 11 is 0. The summed E-state index contributed by atoms with van der Waals surface area (Å²) in [6, 6.07) is 4.91. The van der Waals surface area contributed by atoms with Crippen LogP contribution >= 0.6 is 0 Å². The van der Waals surface area contributed by atoms with Crippen molar-refractivity contribution in [1.29, 1.82) is 0 Å². The van der Waals surface area contributed by atoms with Crippen LogP contribution in [0.3, 0.4) is 0 Å². The summed E-state index contributed by atoms with van der Waals surface area (Å²) < 4.78 is 13.2. The Kier molecular flexibility index (Phi) is 3.93. The highest BCUT2D eigenvalue weighted by atomic mass is 19.1. The maximum Gasteiger partial charge on any atom is 0.220 e. The summed E-state index contributed by atoms with van der Waals surface area (Å²) in [5.41, 5.74) is 1.95. The van der Waals surface area contributed by atoms with Gasteiger partial charge in [0.25, 0.3) is 0 Å². The Labute approximate surface area is 114 Å². The van der Waals surface area contributed by atoms with E-state index in [0.717, 1.165) is 30.4 Å². The summed E-state index contributed by atoms with van der Waals surface area (Å²) in [5.74, 6) is 0.467. The lowest BCUT2D eigenvalue weighted by atomic mass is 9.81. The van der Waals surface area contributed by atoms with E-state index in [1.54, 1.807) is 6.07 Å². The SMILES string of the molecule is Cc1cc(F)ccc1CC1(CC(C)C)CCC(=O)N1. The first-order valence-electron chi connectivity index (χ1n) is 6.96. The maximum absolute atomic E-state index is 13.2. The number of hydrogen-bond donors (Lipinski definition) is 1. The number of halogens is 1. The normalized spacial score (nSPS) is 22.9. The van der Waals surface area contributed by atoms with Crippen molar-refractivity contribution in [2.75, 3.05) is 0 Å². The van der Waals surface area contributed by atoms with Gasteiger partial charge in [-0.15, -0.1) is 0 Å². The summed E-state index contributed by atoms with van der Waals surface area (Å²) in [5, 5.41) is 3.16. The van der Waals surface area contributed by atoms with Gasteiger partial charge < -0.3 is 5.32 Å². The molecule has 0 aromatic heterocycles. The van der Waals surface area contributed by atoms with Crippen molar-refractivity contribution < 1.29 is 9.18 Å². The van der Waals surface area contributed by atoms with Crippen molar-refractivity contribution in [1.82, 2.24) is 5.32 Å². The fourth-order valence-electron chi connectivity index (χ4n) is 3.14. The van der Waals surface area contributed by atoms with Crippen molar-refractivity contribution in [3.63, 3.8) is 0 Å². The average Bonchev–Trinajstić information content (AvgIpc) is 2.63. The largest absolute Gasteiger partial charge is 0.350 e. The van der Waals surface area contributed by atoms with Crippen LogP contribution in [0.4, 0.5) is 4.39 Å². The van der Waals surface area contributed by atoms with Gasteiger partial charge in [0.05, 0.1) is 0 Å². The van der Waals surface area contributed by atoms with E-state index >= 15 is 0 Å². The first-order chi connectivity index (χ1) is 8.90. The molecule has 104 valence electrons. The lowest BCUT2D eigenvalue weighted by molar-refractivity contribution is -0.119. The van der Waals surface area contributed by atoms with E-state index in [1.165, 1.54) is 6.07 Å². The Morgan fingerprint density at radius 2 is 2.16 bits per heavy atom. The summed E-state index contributed by atoms with van der Waals surface area (Å²) in [6.07, 6.45) is 3.24. The van der Waals surface area contributed by atoms with Gasteiger partial charge in [-0.05, 0) is 55.4 Å². The molecule has 0 radical (unpaired) electrons. The molecule has 1 aliphatic heterocycles. The van der Waals surface area contributed by atoms with Gasteiger partial charge in [0.2, 0.25) is 5.91 Å². The van der Waals surface area contributed by atoms with Gasteiger partial charge >= 0.3 is 0 Å². The number of hydrogen-bond acceptors (Lipinski definition) is 1. The van der Waals surface area contributed by atoms with Crippen LogP contribution in [0.2, 0.25) is 0 Å². The van der Waals surface area contributed by atoms with E-state index < -0.39 is 0 Å². The Balaban J connectivity index is 2.23. The monoisotopic (exact) mass is 263 g/mol. The molecule has 0 aliphatic carbocycles. The van der Waals surface area contributed by atoms with Crippen LogP contribution in [0.25, 0.3) is 0 Å². The Hall–Kier alpha value is -1.38. The van der Waals surface area contributed by atoms with Crippen molar-refractivity contribution >= 4 is 5.91 Å². The molecular formula is C16H22FNO. The summed E-state index contributed by atoms with van der Waals surface area (Å²) in [4.78, 5) is 11.6. The Bertz CT molecular complexity index is 484. The molecule has 0 bridgehead atoms. The van der Waals surface area contributed by atoms with Crippen molar-refractivity contribution in [3.05, 3.63) is 35.1 Å². The molecule has 1 unspecified atom stereocenters. The minimum absolute atomic E-state index is 0.139. The highest BCUT2D eigenvalue weighted by Crippen LogP contribution is 2.32. The minimum atomic E-state index is -0.199. The van der Waals surface area contributed by atoms with Gasteiger partial charge in [-0.25, -0.2) is 4.39 Å². The number of carbonyl (C=O) groups is 1. The standard InChI is InChI=1S/C16H22FNO/c1-11(2)9-16(7-6-15(19)18-16)10-13-4-5-14(17)8-12(13)3/h4-5,8,11H,6-7,9-10H2,1-3H3,(H,18,19). The first kappa shape index (κ1) is 14.0. The summed E-state index contributed by atoms with van der Waals surface area (Å²) in [6.45, 7) is 6.27. The van der Waals surface area contributed by atoms with Crippen LogP contribution in [-0.2, 0) is 11.2 Å². The van der Waals surface area contributed by atoms with E-state index in [4.69, 9.17) is 0 Å². The van der Waals surface area contributed by atoms with E-state index in [2.05, 4.69) is 19.2 Å². The zero-order valence-corrected chi connectivity index (χ0v) is 11.9. The lowest BCUT2D eigenvalue weighted by Gasteiger charge is -2.32. The number of benzene rings is 1. The van der Waals surface area contributed by atoms with Gasteiger partial charge in [-0.1, -0.05) is 19.9 Å². The Morgan fingerprint density at radius 3 is 2.68 bits per heavy atom. The van der Waals surface area contributed by atoms with Crippen LogP contribution < -0.4 is 5.32 Å². The third-order valence-corrected chi connectivity index (χ3v) is 3.87. The third kappa shape index (κ3) is 3.34. The highest BCUT2D eigenvalue weighted by molar-refractivity contribution is 5.79. The number of rotatable bonds is 4. The number of carbonyl (C=O) groups excluding carboxylic acids is 1. The van der Waals surface area contributed by atoms with E-state index in [9.17, 15) is 9.18 Å². The smallest absolute Gasteiger partial charge is 0.220 e. The molecule has 1 fully saturated rings. The van der Waals surface area contributed by atoms with Crippen LogP contribution in [0.15, 0.2) is 18.2 Å². The lowest BCUT2D eigenvalue weighted by Crippen LogP contribution is -2.44. The highest BCUT2D eigenvalue weighted by Gasteiger charge is 2.38. The molecule has 2 nitrogen and oxygen atoms in total. The summed E-state index contributed by atoms with van der Waals surface area (Å²) in [7, 11) is 0. The van der Waals surface area contributed by atoms with Gasteiger partial charge in [0.1, 0.15) is 5.82 Å². The molecule has 2 rings (SSSR count). The molecule has 1 heterocycles. The second kappa shape index (κ2) is 5.32. The number of amides is 1. The van der Waals surface area contributed by atoms with Crippen molar-refractivity contribution in [2.24, 2.45) is 5.92 Å².